The first kappa shape index (κ1) is 29.5. The number of halogens is 4. The van der Waals surface area contributed by atoms with Gasteiger partial charge in [0.15, 0.2) is 11.6 Å². The number of piperazine rings is 1. The molecule has 5 rings (SSSR count). The molecule has 7 nitrogen and oxygen atoms in total. The molecule has 3 heterocycles. The minimum absolute atomic E-state index is 0. The van der Waals surface area contributed by atoms with Crippen LogP contribution in [0.3, 0.4) is 0 Å². The summed E-state index contributed by atoms with van der Waals surface area (Å²) in [6.07, 6.45) is 3.27. The number of carbonyl (C=O) groups excluding carboxylic acids is 1. The molecule has 1 aliphatic carbocycles. The molecule has 1 aromatic carbocycles. The third kappa shape index (κ3) is 5.70. The van der Waals surface area contributed by atoms with Crippen LogP contribution in [0.1, 0.15) is 74.8 Å². The molecule has 0 saturated carbocycles. The first-order valence-corrected chi connectivity index (χ1v) is 12.4. The fraction of sp³-hybridized carbons (Fsp3) is 0.577. The fourth-order valence-electron chi connectivity index (χ4n) is 5.95. The van der Waals surface area contributed by atoms with Crippen molar-refractivity contribution in [1.29, 1.82) is 0 Å². The zero-order chi connectivity index (χ0) is 24.9. The lowest BCUT2D eigenvalue weighted by atomic mass is 9.88. The van der Waals surface area contributed by atoms with Crippen LogP contribution in [0.25, 0.3) is 0 Å². The number of hydrogen-bond donors (Lipinski definition) is 2. The summed E-state index contributed by atoms with van der Waals surface area (Å²) < 4.78 is 27.8. The van der Waals surface area contributed by atoms with Crippen molar-refractivity contribution in [1.82, 2.24) is 20.2 Å². The fourth-order valence-corrected chi connectivity index (χ4v) is 5.95. The van der Waals surface area contributed by atoms with Crippen LogP contribution in [0.15, 0.2) is 24.5 Å². The van der Waals surface area contributed by atoms with E-state index >= 15 is 0 Å². The maximum atomic E-state index is 14.1. The van der Waals surface area contributed by atoms with E-state index < -0.39 is 23.7 Å². The maximum Gasteiger partial charge on any atom is 0.231 e. The van der Waals surface area contributed by atoms with Crippen molar-refractivity contribution in [2.45, 2.75) is 69.6 Å². The van der Waals surface area contributed by atoms with Crippen LogP contribution in [-0.4, -0.2) is 63.6 Å². The van der Waals surface area contributed by atoms with Gasteiger partial charge in [0, 0.05) is 43.3 Å². The van der Waals surface area contributed by atoms with E-state index in [1.165, 1.54) is 12.4 Å². The summed E-state index contributed by atoms with van der Waals surface area (Å²) in [7, 11) is 0. The first-order valence-electron chi connectivity index (χ1n) is 12.4. The van der Waals surface area contributed by atoms with E-state index in [0.717, 1.165) is 36.4 Å². The molecule has 0 radical (unpaired) electrons. The lowest BCUT2D eigenvalue weighted by Crippen LogP contribution is -2.53. The number of fused-ring (bicyclic) bond motifs is 1. The van der Waals surface area contributed by atoms with E-state index in [1.807, 2.05) is 4.90 Å². The molecule has 3 aliphatic rings. The molecule has 0 unspecified atom stereocenters. The Hall–Kier alpha value is -2.07. The number of aliphatic hydroxyl groups is 1. The van der Waals surface area contributed by atoms with Gasteiger partial charge in [0.25, 0.3) is 0 Å². The molecule has 2 fully saturated rings. The highest BCUT2D eigenvalue weighted by molar-refractivity contribution is 5.86. The Balaban J connectivity index is 0.00000190. The van der Waals surface area contributed by atoms with Gasteiger partial charge in [-0.3, -0.25) is 4.79 Å². The minimum Gasteiger partial charge on any atom is -0.387 e. The Morgan fingerprint density at radius 3 is 2.46 bits per heavy atom. The van der Waals surface area contributed by atoms with Gasteiger partial charge in [-0.2, -0.15) is 0 Å². The molecule has 37 heavy (non-hydrogen) atoms. The molecule has 0 bridgehead atoms. The minimum atomic E-state index is -0.934. The molecule has 4 atom stereocenters. The van der Waals surface area contributed by atoms with Gasteiger partial charge in [0.05, 0.1) is 17.7 Å². The van der Waals surface area contributed by atoms with Gasteiger partial charge in [-0.1, -0.05) is 13.0 Å². The number of rotatable bonds is 4. The first-order chi connectivity index (χ1) is 16.6. The maximum absolute atomic E-state index is 14.1. The highest BCUT2D eigenvalue weighted by atomic mass is 35.5. The number of amides is 1. The van der Waals surface area contributed by atoms with Crippen molar-refractivity contribution in [3.63, 3.8) is 0 Å². The van der Waals surface area contributed by atoms with E-state index in [4.69, 9.17) is 0 Å². The van der Waals surface area contributed by atoms with Crippen LogP contribution in [-0.2, 0) is 4.79 Å². The summed E-state index contributed by atoms with van der Waals surface area (Å²) in [5.41, 5.74) is 2.09. The number of nitrogens with one attached hydrogen (secondary N) is 1. The van der Waals surface area contributed by atoms with E-state index in [1.54, 1.807) is 0 Å². The Labute approximate surface area is 228 Å². The zero-order valence-electron chi connectivity index (χ0n) is 21.3. The van der Waals surface area contributed by atoms with Gasteiger partial charge >= 0.3 is 0 Å². The third-order valence-electron chi connectivity index (χ3n) is 7.80. The molecular formula is C26H35Cl2F2N5O2. The highest BCUT2D eigenvalue weighted by Gasteiger charge is 2.41. The van der Waals surface area contributed by atoms with Gasteiger partial charge in [-0.15, -0.1) is 24.8 Å². The predicted molar refractivity (Wildman–Crippen MR) is 143 cm³/mol. The molecule has 1 aromatic heterocycles. The standard InChI is InChI=1S/C26H33F2N5O2.2ClH/c1-15-12-20(34)23-21(15)24(30-14-29-23)32-8-10-33(11-9-32)25(35)22(19-6-7-26(2,3)31-19)16-4-5-17(27)18(28)13-16;;/h4-5,13-15,19-20,22,31,34H,6-12H2,1-3H3;2*1H/t15-,19+,20-,22+;;/m1../s1. The Morgan fingerprint density at radius 2 is 1.84 bits per heavy atom. The van der Waals surface area contributed by atoms with Crippen molar-refractivity contribution in [3.05, 3.63) is 53.0 Å². The Bertz CT molecular complexity index is 1130. The number of benzene rings is 1. The molecule has 11 heteroatoms. The molecule has 2 saturated heterocycles. The van der Waals surface area contributed by atoms with Gasteiger partial charge in [-0.05, 0) is 56.7 Å². The molecule has 204 valence electrons. The normalized spacial score (nSPS) is 25.2. The monoisotopic (exact) mass is 557 g/mol. The quantitative estimate of drug-likeness (QED) is 0.589. The second kappa shape index (κ2) is 11.4. The summed E-state index contributed by atoms with van der Waals surface area (Å²) in [4.78, 5) is 26.6. The van der Waals surface area contributed by atoms with Gasteiger partial charge in [0.1, 0.15) is 12.1 Å². The van der Waals surface area contributed by atoms with Crippen molar-refractivity contribution < 1.29 is 18.7 Å². The van der Waals surface area contributed by atoms with Crippen molar-refractivity contribution in [2.75, 3.05) is 31.1 Å². The van der Waals surface area contributed by atoms with E-state index in [2.05, 4.69) is 41.0 Å². The number of carbonyl (C=O) groups is 1. The van der Waals surface area contributed by atoms with Crippen LogP contribution >= 0.6 is 24.8 Å². The van der Waals surface area contributed by atoms with Crippen LogP contribution in [0.2, 0.25) is 0 Å². The summed E-state index contributed by atoms with van der Waals surface area (Å²) in [6, 6.07) is 3.65. The van der Waals surface area contributed by atoms with Crippen LogP contribution in [0.4, 0.5) is 14.6 Å². The SMILES string of the molecule is C[C@@H]1C[C@@H](O)c2ncnc(N3CCN(C(=O)[C@@H](c4ccc(F)c(F)c4)[C@@H]4CCC(C)(C)N4)CC3)c21.Cl.Cl. The average Bonchev–Trinajstić information content (AvgIpc) is 3.34. The van der Waals surface area contributed by atoms with E-state index in [9.17, 15) is 18.7 Å². The predicted octanol–water partition coefficient (Wildman–Crippen LogP) is 4.10. The smallest absolute Gasteiger partial charge is 0.231 e. The highest BCUT2D eigenvalue weighted by Crippen LogP contribution is 2.43. The second-order valence-electron chi connectivity index (χ2n) is 10.8. The van der Waals surface area contributed by atoms with Gasteiger partial charge < -0.3 is 20.2 Å². The van der Waals surface area contributed by atoms with Gasteiger partial charge in [-0.25, -0.2) is 18.7 Å². The van der Waals surface area contributed by atoms with E-state index in [-0.39, 0.29) is 48.2 Å². The number of nitrogens with zero attached hydrogens (tertiary/aromatic N) is 4. The van der Waals surface area contributed by atoms with Crippen LogP contribution in [0.5, 0.6) is 0 Å². The van der Waals surface area contributed by atoms with Crippen molar-refractivity contribution in [2.24, 2.45) is 0 Å². The molecule has 2 aliphatic heterocycles. The Morgan fingerprint density at radius 1 is 1.14 bits per heavy atom. The van der Waals surface area contributed by atoms with Crippen molar-refractivity contribution >= 4 is 36.5 Å². The summed E-state index contributed by atoms with van der Waals surface area (Å²) in [5, 5.41) is 13.9. The summed E-state index contributed by atoms with van der Waals surface area (Å²) >= 11 is 0. The molecule has 0 spiro atoms. The summed E-state index contributed by atoms with van der Waals surface area (Å²) in [6.45, 7) is 8.48. The molecule has 1 amide bonds. The molecular weight excluding hydrogens is 523 g/mol. The molecule has 2 N–H and O–H groups in total. The van der Waals surface area contributed by atoms with Crippen LogP contribution in [0, 0.1) is 11.6 Å². The van der Waals surface area contributed by atoms with Gasteiger partial charge in [0.2, 0.25) is 5.91 Å². The van der Waals surface area contributed by atoms with Crippen LogP contribution < -0.4 is 10.2 Å². The lowest BCUT2D eigenvalue weighted by Gasteiger charge is -2.39. The lowest BCUT2D eigenvalue weighted by molar-refractivity contribution is -0.133. The topological polar surface area (TPSA) is 81.6 Å². The molecule has 2 aromatic rings. The largest absolute Gasteiger partial charge is 0.387 e. The average molecular weight is 559 g/mol. The number of hydrogen-bond acceptors (Lipinski definition) is 6. The third-order valence-corrected chi connectivity index (χ3v) is 7.80. The second-order valence-corrected chi connectivity index (χ2v) is 10.8. The number of aromatic nitrogens is 2. The summed E-state index contributed by atoms with van der Waals surface area (Å²) in [5.74, 6) is -1.49. The number of anilines is 1. The Kier molecular flexibility index (Phi) is 9.05. The zero-order valence-corrected chi connectivity index (χ0v) is 22.9. The van der Waals surface area contributed by atoms with E-state index in [0.29, 0.717) is 43.9 Å². The number of aliphatic hydroxyl groups excluding tert-OH is 1. The van der Waals surface area contributed by atoms with Crippen molar-refractivity contribution in [3.8, 4) is 0 Å².